The van der Waals surface area contributed by atoms with Gasteiger partial charge in [-0.3, -0.25) is 4.68 Å². The second-order valence-corrected chi connectivity index (χ2v) is 3.93. The Balaban J connectivity index is 2.46. The van der Waals surface area contributed by atoms with Gasteiger partial charge in [-0.05, 0) is 20.3 Å². The number of hydrogen-bond donors (Lipinski definition) is 1. The van der Waals surface area contributed by atoms with Crippen LogP contribution >= 0.6 is 0 Å². The highest BCUT2D eigenvalue weighted by molar-refractivity contribution is 5.57. The number of rotatable bonds is 3. The maximum absolute atomic E-state index is 5.93. The molecule has 0 saturated carbocycles. The van der Waals surface area contributed by atoms with Crippen LogP contribution in [0.5, 0.6) is 0 Å². The van der Waals surface area contributed by atoms with Gasteiger partial charge < -0.3 is 5.73 Å². The monoisotopic (exact) mass is 231 g/mol. The Morgan fingerprint density at radius 1 is 1.29 bits per heavy atom. The van der Waals surface area contributed by atoms with Gasteiger partial charge in [0, 0.05) is 24.0 Å². The number of nitrogens with two attached hydrogens (primary N) is 1. The lowest BCUT2D eigenvalue weighted by atomic mass is 10.1. The van der Waals surface area contributed by atoms with Gasteiger partial charge in [0.1, 0.15) is 5.82 Å². The van der Waals surface area contributed by atoms with Crippen LogP contribution in [-0.4, -0.2) is 19.7 Å². The first-order valence-electron chi connectivity index (χ1n) is 5.81. The first-order chi connectivity index (χ1) is 8.15. The summed E-state index contributed by atoms with van der Waals surface area (Å²) in [4.78, 5) is 8.81. The topological polar surface area (TPSA) is 69.6 Å². The van der Waals surface area contributed by atoms with Crippen molar-refractivity contribution in [3.05, 3.63) is 23.7 Å². The summed E-state index contributed by atoms with van der Waals surface area (Å²) >= 11 is 0. The maximum Gasteiger partial charge on any atom is 0.164 e. The van der Waals surface area contributed by atoms with E-state index in [-0.39, 0.29) is 0 Å². The van der Waals surface area contributed by atoms with Gasteiger partial charge in [-0.2, -0.15) is 5.10 Å². The molecule has 0 radical (unpaired) electrons. The van der Waals surface area contributed by atoms with Gasteiger partial charge in [0.25, 0.3) is 0 Å². The van der Waals surface area contributed by atoms with Gasteiger partial charge in [0.05, 0.1) is 11.8 Å². The SMILES string of the molecule is CCc1c(C)nc(-c2cnn(CC)c2)nc1N. The Kier molecular flexibility index (Phi) is 3.08. The van der Waals surface area contributed by atoms with Gasteiger partial charge >= 0.3 is 0 Å². The van der Waals surface area contributed by atoms with Crippen LogP contribution in [0.15, 0.2) is 12.4 Å². The molecule has 0 aliphatic rings. The molecule has 2 rings (SSSR count). The molecule has 5 heteroatoms. The van der Waals surface area contributed by atoms with Crippen molar-refractivity contribution in [2.75, 3.05) is 5.73 Å². The molecule has 90 valence electrons. The molecule has 17 heavy (non-hydrogen) atoms. The summed E-state index contributed by atoms with van der Waals surface area (Å²) in [7, 11) is 0. The average molecular weight is 231 g/mol. The van der Waals surface area contributed by atoms with E-state index in [1.807, 2.05) is 24.7 Å². The minimum Gasteiger partial charge on any atom is -0.383 e. The van der Waals surface area contributed by atoms with Crippen molar-refractivity contribution in [1.82, 2.24) is 19.7 Å². The molecule has 0 unspecified atom stereocenters. The molecule has 2 aromatic rings. The second kappa shape index (κ2) is 4.53. The van der Waals surface area contributed by atoms with Crippen LogP contribution in [0.25, 0.3) is 11.4 Å². The average Bonchev–Trinajstić information content (AvgIpc) is 2.77. The van der Waals surface area contributed by atoms with E-state index in [0.717, 1.165) is 29.8 Å². The predicted molar refractivity (Wildman–Crippen MR) is 67.5 cm³/mol. The molecule has 5 nitrogen and oxygen atoms in total. The van der Waals surface area contributed by atoms with Crippen LogP contribution in [-0.2, 0) is 13.0 Å². The number of aromatic nitrogens is 4. The third-order valence-electron chi connectivity index (χ3n) is 2.81. The summed E-state index contributed by atoms with van der Waals surface area (Å²) in [5, 5.41) is 4.21. The summed E-state index contributed by atoms with van der Waals surface area (Å²) in [6, 6.07) is 0. The van der Waals surface area contributed by atoms with Crippen LogP contribution in [0.1, 0.15) is 25.1 Å². The summed E-state index contributed by atoms with van der Waals surface area (Å²) in [5.74, 6) is 1.22. The zero-order valence-electron chi connectivity index (χ0n) is 10.4. The molecule has 2 heterocycles. The van der Waals surface area contributed by atoms with Crippen molar-refractivity contribution >= 4 is 5.82 Å². The van der Waals surface area contributed by atoms with Gasteiger partial charge in [0.15, 0.2) is 5.82 Å². The third kappa shape index (κ3) is 2.13. The fourth-order valence-electron chi connectivity index (χ4n) is 1.84. The maximum atomic E-state index is 5.93. The Bertz CT molecular complexity index is 506. The van der Waals surface area contributed by atoms with Gasteiger partial charge in [-0.25, -0.2) is 9.97 Å². The summed E-state index contributed by atoms with van der Waals surface area (Å²) in [6.45, 7) is 6.89. The molecular weight excluding hydrogens is 214 g/mol. The minimum atomic E-state index is 0.569. The Hall–Kier alpha value is -1.91. The molecule has 0 aliphatic carbocycles. The first kappa shape index (κ1) is 11.6. The van der Waals surface area contributed by atoms with E-state index >= 15 is 0 Å². The standard InChI is InChI=1S/C12H17N5/c1-4-10-8(3)15-12(16-11(10)13)9-6-14-17(5-2)7-9/h6-7H,4-5H2,1-3H3,(H2,13,15,16). The molecule has 0 aromatic carbocycles. The normalized spacial score (nSPS) is 10.8. The minimum absolute atomic E-state index is 0.569. The Morgan fingerprint density at radius 3 is 2.59 bits per heavy atom. The number of hydrogen-bond acceptors (Lipinski definition) is 4. The number of anilines is 1. The van der Waals surface area contributed by atoms with E-state index in [1.165, 1.54) is 0 Å². The number of nitrogens with zero attached hydrogens (tertiary/aromatic N) is 4. The van der Waals surface area contributed by atoms with Gasteiger partial charge in [-0.15, -0.1) is 0 Å². The fourth-order valence-corrected chi connectivity index (χ4v) is 1.84. The van der Waals surface area contributed by atoms with Crippen LogP contribution in [0.2, 0.25) is 0 Å². The number of nitrogen functional groups attached to an aromatic ring is 1. The van der Waals surface area contributed by atoms with Crippen molar-refractivity contribution < 1.29 is 0 Å². The van der Waals surface area contributed by atoms with Crippen molar-refractivity contribution in [3.8, 4) is 11.4 Å². The van der Waals surface area contributed by atoms with Crippen LogP contribution in [0.4, 0.5) is 5.82 Å². The highest BCUT2D eigenvalue weighted by Crippen LogP contribution is 2.20. The molecule has 2 N–H and O–H groups in total. The summed E-state index contributed by atoms with van der Waals surface area (Å²) < 4.78 is 1.85. The molecule has 0 atom stereocenters. The Labute approximate surface area is 101 Å². The molecule has 0 bridgehead atoms. The largest absolute Gasteiger partial charge is 0.383 e. The molecule has 0 fully saturated rings. The van der Waals surface area contributed by atoms with E-state index in [1.54, 1.807) is 6.20 Å². The Morgan fingerprint density at radius 2 is 2.06 bits per heavy atom. The van der Waals surface area contributed by atoms with Gasteiger partial charge in [-0.1, -0.05) is 6.92 Å². The van der Waals surface area contributed by atoms with Crippen molar-refractivity contribution in [1.29, 1.82) is 0 Å². The summed E-state index contributed by atoms with van der Waals surface area (Å²) in [6.07, 6.45) is 4.55. The second-order valence-electron chi connectivity index (χ2n) is 3.93. The molecule has 2 aromatic heterocycles. The quantitative estimate of drug-likeness (QED) is 0.874. The van der Waals surface area contributed by atoms with Crippen molar-refractivity contribution in [2.24, 2.45) is 0 Å². The highest BCUT2D eigenvalue weighted by atomic mass is 15.3. The van der Waals surface area contributed by atoms with E-state index < -0.39 is 0 Å². The lowest BCUT2D eigenvalue weighted by Gasteiger charge is -2.07. The van der Waals surface area contributed by atoms with Crippen molar-refractivity contribution in [3.63, 3.8) is 0 Å². The lowest BCUT2D eigenvalue weighted by molar-refractivity contribution is 0.660. The highest BCUT2D eigenvalue weighted by Gasteiger charge is 2.10. The van der Waals surface area contributed by atoms with E-state index in [2.05, 4.69) is 22.0 Å². The molecule has 0 aliphatic heterocycles. The van der Waals surface area contributed by atoms with Crippen molar-refractivity contribution in [2.45, 2.75) is 33.7 Å². The van der Waals surface area contributed by atoms with E-state index in [4.69, 9.17) is 5.73 Å². The fraction of sp³-hybridized carbons (Fsp3) is 0.417. The first-order valence-corrected chi connectivity index (χ1v) is 5.81. The summed E-state index contributed by atoms with van der Waals surface area (Å²) in [5.41, 5.74) is 8.81. The molecular formula is C12H17N5. The zero-order chi connectivity index (χ0) is 12.4. The van der Waals surface area contributed by atoms with Gasteiger partial charge in [0.2, 0.25) is 0 Å². The molecule has 0 amide bonds. The molecule has 0 saturated heterocycles. The van der Waals surface area contributed by atoms with E-state index in [9.17, 15) is 0 Å². The predicted octanol–water partition coefficient (Wildman–Crippen LogP) is 1.81. The zero-order valence-corrected chi connectivity index (χ0v) is 10.4. The van der Waals surface area contributed by atoms with E-state index in [0.29, 0.717) is 11.6 Å². The lowest BCUT2D eigenvalue weighted by Crippen LogP contribution is -2.04. The van der Waals surface area contributed by atoms with Crippen LogP contribution in [0, 0.1) is 6.92 Å². The molecule has 0 spiro atoms. The van der Waals surface area contributed by atoms with Crippen LogP contribution < -0.4 is 5.73 Å². The third-order valence-corrected chi connectivity index (χ3v) is 2.81. The smallest absolute Gasteiger partial charge is 0.164 e. The number of aryl methyl sites for hydroxylation is 2. The van der Waals surface area contributed by atoms with Crippen LogP contribution in [0.3, 0.4) is 0 Å².